The van der Waals surface area contributed by atoms with Gasteiger partial charge in [0, 0.05) is 8.80 Å². The van der Waals surface area contributed by atoms with Crippen molar-refractivity contribution in [2.45, 2.75) is 46.3 Å². The van der Waals surface area contributed by atoms with E-state index in [0.717, 1.165) is 12.3 Å². The first kappa shape index (κ1) is 15.3. The van der Waals surface area contributed by atoms with E-state index in [4.69, 9.17) is 0 Å². The van der Waals surface area contributed by atoms with Crippen LogP contribution < -0.4 is 18.9 Å². The molecule has 1 radical (unpaired) electrons. The van der Waals surface area contributed by atoms with Crippen molar-refractivity contribution < 1.29 is 18.9 Å². The van der Waals surface area contributed by atoms with E-state index in [1.54, 1.807) is 0 Å². The van der Waals surface area contributed by atoms with Crippen LogP contribution in [-0.2, 0) is 0 Å². The van der Waals surface area contributed by atoms with Gasteiger partial charge in [-0.1, -0.05) is 45.8 Å². The van der Waals surface area contributed by atoms with Crippen molar-refractivity contribution in [1.82, 2.24) is 0 Å². The van der Waals surface area contributed by atoms with Gasteiger partial charge in [-0.15, -0.1) is 0 Å². The van der Waals surface area contributed by atoms with Gasteiger partial charge in [-0.2, -0.15) is 6.42 Å². The summed E-state index contributed by atoms with van der Waals surface area (Å²) in [6, 6.07) is 1.41. The first-order valence-electron chi connectivity index (χ1n) is 4.46. The molecule has 12 heavy (non-hydrogen) atoms. The molecule has 0 saturated heterocycles. The topological polar surface area (TPSA) is 0 Å². The maximum Gasteiger partial charge on any atom is 1.00 e. The molecule has 0 N–H and O–H groups in total. The average Bonchev–Trinajstić information content (AvgIpc) is 1.79. The van der Waals surface area contributed by atoms with Crippen LogP contribution in [0.15, 0.2) is 0 Å². The maximum atomic E-state index is 4.02. The zero-order valence-electron chi connectivity index (χ0n) is 9.70. The van der Waals surface area contributed by atoms with Gasteiger partial charge in [-0.3, -0.25) is 0 Å². The molecule has 0 fully saturated rings. The fourth-order valence-electron chi connectivity index (χ4n) is 1.33. The Morgan fingerprint density at radius 3 is 1.75 bits per heavy atom. The van der Waals surface area contributed by atoms with E-state index in [9.17, 15) is 0 Å². The molecule has 0 aromatic carbocycles. The minimum Gasteiger partial charge on any atom is -0.343 e. The summed E-state index contributed by atoms with van der Waals surface area (Å²) in [5, 5.41) is 0. The smallest absolute Gasteiger partial charge is 0.343 e. The maximum absolute atomic E-state index is 4.02. The molecule has 2 heteroatoms. The second-order valence-electron chi connectivity index (χ2n) is 4.76. The van der Waals surface area contributed by atoms with Crippen molar-refractivity contribution in [3.05, 3.63) is 6.92 Å². The molecule has 0 heterocycles. The molecule has 0 rings (SSSR count). The van der Waals surface area contributed by atoms with Crippen LogP contribution in [-0.4, -0.2) is 8.80 Å². The molecule has 0 aliphatic rings. The van der Waals surface area contributed by atoms with Crippen molar-refractivity contribution in [1.29, 1.82) is 0 Å². The fourth-order valence-corrected chi connectivity index (χ4v) is 3.14. The van der Waals surface area contributed by atoms with E-state index in [0.29, 0.717) is 5.41 Å². The number of hydrogen-bond donors (Lipinski definition) is 0. The Labute approximate surface area is 92.3 Å². The van der Waals surface area contributed by atoms with Gasteiger partial charge >= 0.3 is 18.9 Å². The third-order valence-electron chi connectivity index (χ3n) is 2.23. The molecule has 0 aliphatic carbocycles. The largest absolute Gasteiger partial charge is 1.00 e. The molecule has 0 spiro atoms. The van der Waals surface area contributed by atoms with Gasteiger partial charge in [0.15, 0.2) is 0 Å². The molecule has 0 aromatic heterocycles. The Kier molecular flexibility index (Phi) is 8.02. The molecule has 0 aliphatic heterocycles. The Hall–Kier alpha value is 0.814. The summed E-state index contributed by atoms with van der Waals surface area (Å²) in [4.78, 5) is 0. The summed E-state index contributed by atoms with van der Waals surface area (Å²) in [6.45, 7) is 15.8. The average molecular weight is 177 g/mol. The van der Waals surface area contributed by atoms with Crippen molar-refractivity contribution in [2.24, 2.45) is 11.3 Å². The quantitative estimate of drug-likeness (QED) is 0.438. The molecule has 0 bridgehead atoms. The zero-order valence-corrected chi connectivity index (χ0v) is 10.7. The van der Waals surface area contributed by atoms with Crippen LogP contribution in [0, 0.1) is 18.3 Å². The zero-order chi connectivity index (χ0) is 9.07. The van der Waals surface area contributed by atoms with Crippen molar-refractivity contribution in [3.63, 3.8) is 0 Å². The molecule has 1 atom stereocenters. The normalized spacial score (nSPS) is 14.2. The standard InChI is InChI=1S/C10H22Si.Li/c1-7-9(8-11(5)6)10(2,3)4;/h9H,1,7-8H2,2-6H3;/q-1;+1/t9-;/m1./s1. The van der Waals surface area contributed by atoms with Crippen molar-refractivity contribution >= 4 is 8.80 Å². The van der Waals surface area contributed by atoms with Gasteiger partial charge in [0.1, 0.15) is 0 Å². The van der Waals surface area contributed by atoms with Crippen LogP contribution in [0.5, 0.6) is 0 Å². The van der Waals surface area contributed by atoms with E-state index in [1.165, 1.54) is 6.04 Å². The van der Waals surface area contributed by atoms with Gasteiger partial charge in [-0.05, 0) is 5.41 Å². The number of rotatable bonds is 3. The molecule has 0 unspecified atom stereocenters. The summed E-state index contributed by atoms with van der Waals surface area (Å²) in [6.07, 6.45) is 1.10. The summed E-state index contributed by atoms with van der Waals surface area (Å²) >= 11 is 0. The molecule has 0 nitrogen and oxygen atoms in total. The minimum absolute atomic E-state index is 0. The van der Waals surface area contributed by atoms with Crippen molar-refractivity contribution in [2.75, 3.05) is 0 Å². The van der Waals surface area contributed by atoms with Gasteiger partial charge in [0.2, 0.25) is 0 Å². The van der Waals surface area contributed by atoms with Crippen LogP contribution in [0.2, 0.25) is 19.1 Å². The predicted molar refractivity (Wildman–Crippen MR) is 55.2 cm³/mol. The first-order valence-corrected chi connectivity index (χ1v) is 7.17. The van der Waals surface area contributed by atoms with E-state index < -0.39 is 0 Å². The monoisotopic (exact) mass is 177 g/mol. The SMILES string of the molecule is [CH2-]C[C@H](C[Si](C)C)C(C)(C)C.[Li+]. The second-order valence-corrected chi connectivity index (χ2v) is 7.59. The summed E-state index contributed by atoms with van der Waals surface area (Å²) in [5.41, 5.74) is 0.462. The molecule has 0 amide bonds. The van der Waals surface area contributed by atoms with Gasteiger partial charge < -0.3 is 6.92 Å². The Morgan fingerprint density at radius 1 is 1.25 bits per heavy atom. The summed E-state index contributed by atoms with van der Waals surface area (Å²) < 4.78 is 0. The van der Waals surface area contributed by atoms with Crippen LogP contribution >= 0.6 is 0 Å². The summed E-state index contributed by atoms with van der Waals surface area (Å²) in [7, 11) is -0.0679. The second kappa shape index (κ2) is 6.30. The third-order valence-corrected chi connectivity index (χ3v) is 3.54. The van der Waals surface area contributed by atoms with Gasteiger partial charge in [0.05, 0.1) is 0 Å². The Bertz CT molecular complexity index is 105. The minimum atomic E-state index is -0.0679. The third kappa shape index (κ3) is 6.34. The van der Waals surface area contributed by atoms with E-state index in [2.05, 4.69) is 40.8 Å². The van der Waals surface area contributed by atoms with E-state index >= 15 is 0 Å². The van der Waals surface area contributed by atoms with Crippen molar-refractivity contribution in [3.8, 4) is 0 Å². The Balaban J connectivity index is 0. The summed E-state index contributed by atoms with van der Waals surface area (Å²) in [5.74, 6) is 0.825. The number of hydrogen-bond acceptors (Lipinski definition) is 0. The molecular formula is C10H22LiSi. The first-order chi connectivity index (χ1) is 4.88. The molecular weight excluding hydrogens is 155 g/mol. The van der Waals surface area contributed by atoms with E-state index in [-0.39, 0.29) is 27.7 Å². The van der Waals surface area contributed by atoms with E-state index in [1.807, 2.05) is 0 Å². The fraction of sp³-hybridized carbons (Fsp3) is 0.900. The Morgan fingerprint density at radius 2 is 1.67 bits per heavy atom. The molecule has 67 valence electrons. The molecule has 0 saturated carbocycles. The van der Waals surface area contributed by atoms with Crippen LogP contribution in [0.25, 0.3) is 0 Å². The van der Waals surface area contributed by atoms with Crippen LogP contribution in [0.1, 0.15) is 27.2 Å². The van der Waals surface area contributed by atoms with Gasteiger partial charge in [0.25, 0.3) is 0 Å². The van der Waals surface area contributed by atoms with Gasteiger partial charge in [-0.25, -0.2) is 0 Å². The van der Waals surface area contributed by atoms with Crippen LogP contribution in [0.3, 0.4) is 0 Å². The van der Waals surface area contributed by atoms with Crippen LogP contribution in [0.4, 0.5) is 0 Å². The molecule has 0 aromatic rings. The predicted octanol–water partition coefficient (Wildman–Crippen LogP) is 0.631.